The number of para-hydroxylation sites is 1. The van der Waals surface area contributed by atoms with E-state index in [2.05, 4.69) is 15.7 Å². The van der Waals surface area contributed by atoms with Crippen LogP contribution in [0.15, 0.2) is 48.5 Å². The molecule has 0 unspecified atom stereocenters. The van der Waals surface area contributed by atoms with Gasteiger partial charge in [0.15, 0.2) is 5.69 Å². The van der Waals surface area contributed by atoms with E-state index in [0.717, 1.165) is 11.3 Å². The van der Waals surface area contributed by atoms with E-state index < -0.39 is 0 Å². The molecule has 31 heavy (non-hydrogen) atoms. The molecule has 0 saturated carbocycles. The van der Waals surface area contributed by atoms with Gasteiger partial charge in [-0.2, -0.15) is 5.10 Å². The van der Waals surface area contributed by atoms with Crippen LogP contribution in [0.1, 0.15) is 21.7 Å². The number of carbonyl (C=O) groups is 2. The SMILES string of the molecule is COc1ccc(Cl)cc1NC(=O)N1CCc2c(c(C(=O)Nc3ccccc3)nn2C)C1. The summed E-state index contributed by atoms with van der Waals surface area (Å²) in [6.45, 7) is 0.774. The first kappa shape index (κ1) is 20.7. The molecule has 9 heteroatoms. The fourth-order valence-electron chi connectivity index (χ4n) is 3.63. The summed E-state index contributed by atoms with van der Waals surface area (Å²) in [7, 11) is 3.34. The van der Waals surface area contributed by atoms with Crippen LogP contribution in [0.25, 0.3) is 0 Å². The molecule has 0 saturated heterocycles. The van der Waals surface area contributed by atoms with Gasteiger partial charge in [0.25, 0.3) is 5.91 Å². The maximum atomic E-state index is 12.9. The second-order valence-corrected chi connectivity index (χ2v) is 7.60. The second-order valence-electron chi connectivity index (χ2n) is 7.16. The normalized spacial score (nSPS) is 12.8. The number of rotatable bonds is 4. The Labute approximate surface area is 184 Å². The molecule has 1 aliphatic heterocycles. The topological polar surface area (TPSA) is 88.5 Å². The lowest BCUT2D eigenvalue weighted by Crippen LogP contribution is -2.39. The largest absolute Gasteiger partial charge is 0.495 e. The molecular formula is C22H22ClN5O3. The predicted molar refractivity (Wildman–Crippen MR) is 119 cm³/mol. The fraction of sp³-hybridized carbons (Fsp3) is 0.227. The molecule has 1 aromatic heterocycles. The highest BCUT2D eigenvalue weighted by molar-refractivity contribution is 6.31. The van der Waals surface area contributed by atoms with Gasteiger partial charge in [0.2, 0.25) is 0 Å². The van der Waals surface area contributed by atoms with Gasteiger partial charge >= 0.3 is 6.03 Å². The molecule has 0 radical (unpaired) electrons. The van der Waals surface area contributed by atoms with Gasteiger partial charge in [-0.15, -0.1) is 0 Å². The minimum absolute atomic E-state index is 0.273. The molecule has 2 heterocycles. The monoisotopic (exact) mass is 439 g/mol. The summed E-state index contributed by atoms with van der Waals surface area (Å²) >= 11 is 6.06. The number of aromatic nitrogens is 2. The maximum absolute atomic E-state index is 12.9. The molecule has 2 aromatic carbocycles. The Morgan fingerprint density at radius 3 is 2.65 bits per heavy atom. The van der Waals surface area contributed by atoms with Crippen molar-refractivity contribution >= 4 is 34.9 Å². The highest BCUT2D eigenvalue weighted by atomic mass is 35.5. The molecule has 0 spiro atoms. The van der Waals surface area contributed by atoms with Crippen LogP contribution in [0.4, 0.5) is 16.2 Å². The van der Waals surface area contributed by atoms with E-state index in [1.54, 1.807) is 27.8 Å². The lowest BCUT2D eigenvalue weighted by atomic mass is 10.0. The smallest absolute Gasteiger partial charge is 0.322 e. The number of hydrogen-bond donors (Lipinski definition) is 2. The predicted octanol–water partition coefficient (Wildman–Crippen LogP) is 3.92. The number of urea groups is 1. The second kappa shape index (κ2) is 8.69. The van der Waals surface area contributed by atoms with Crippen LogP contribution in [-0.4, -0.2) is 40.3 Å². The average Bonchev–Trinajstić information content (AvgIpc) is 3.11. The first-order chi connectivity index (χ1) is 15.0. The number of nitrogens with one attached hydrogen (secondary N) is 2. The zero-order valence-corrected chi connectivity index (χ0v) is 17.9. The first-order valence-electron chi connectivity index (χ1n) is 9.77. The van der Waals surface area contributed by atoms with E-state index in [9.17, 15) is 9.59 Å². The number of benzene rings is 2. The fourth-order valence-corrected chi connectivity index (χ4v) is 3.80. The summed E-state index contributed by atoms with van der Waals surface area (Å²) in [5.74, 6) is 0.210. The van der Waals surface area contributed by atoms with Crippen molar-refractivity contribution < 1.29 is 14.3 Å². The molecule has 4 rings (SSSR count). The molecule has 2 N–H and O–H groups in total. The lowest BCUT2D eigenvalue weighted by Gasteiger charge is -2.28. The molecule has 0 aliphatic carbocycles. The van der Waals surface area contributed by atoms with E-state index in [0.29, 0.717) is 40.8 Å². The number of anilines is 2. The number of aryl methyl sites for hydroxylation is 1. The van der Waals surface area contributed by atoms with E-state index in [-0.39, 0.29) is 18.5 Å². The van der Waals surface area contributed by atoms with Gasteiger partial charge in [0.1, 0.15) is 5.75 Å². The summed E-state index contributed by atoms with van der Waals surface area (Å²) in [6.07, 6.45) is 0.595. The Bertz CT molecular complexity index is 1130. The van der Waals surface area contributed by atoms with Crippen LogP contribution in [0.5, 0.6) is 5.75 Å². The summed E-state index contributed by atoms with van der Waals surface area (Å²) in [4.78, 5) is 27.4. The third-order valence-corrected chi connectivity index (χ3v) is 5.41. The minimum atomic E-state index is -0.304. The van der Waals surface area contributed by atoms with Crippen molar-refractivity contribution in [2.75, 3.05) is 24.3 Å². The Balaban J connectivity index is 1.53. The molecule has 8 nitrogen and oxygen atoms in total. The number of hydrogen-bond acceptors (Lipinski definition) is 4. The van der Waals surface area contributed by atoms with Crippen LogP contribution in [0.2, 0.25) is 5.02 Å². The number of nitrogens with zero attached hydrogens (tertiary/aromatic N) is 3. The van der Waals surface area contributed by atoms with E-state index in [1.807, 2.05) is 37.4 Å². The van der Waals surface area contributed by atoms with E-state index in [1.165, 1.54) is 7.11 Å². The van der Waals surface area contributed by atoms with Crippen molar-refractivity contribution in [3.05, 3.63) is 70.5 Å². The summed E-state index contributed by atoms with van der Waals surface area (Å²) in [6, 6.07) is 13.9. The summed E-state index contributed by atoms with van der Waals surface area (Å²) < 4.78 is 7.01. The number of carbonyl (C=O) groups excluding carboxylic acids is 2. The highest BCUT2D eigenvalue weighted by Gasteiger charge is 2.29. The van der Waals surface area contributed by atoms with Gasteiger partial charge < -0.3 is 20.3 Å². The van der Waals surface area contributed by atoms with Crippen LogP contribution in [0.3, 0.4) is 0 Å². The molecule has 1 aliphatic rings. The van der Waals surface area contributed by atoms with Crippen LogP contribution in [0, 0.1) is 0 Å². The highest BCUT2D eigenvalue weighted by Crippen LogP contribution is 2.29. The molecular weight excluding hydrogens is 418 g/mol. The molecule has 0 fully saturated rings. The molecule has 0 atom stereocenters. The van der Waals surface area contributed by atoms with Crippen LogP contribution in [-0.2, 0) is 20.0 Å². The van der Waals surface area contributed by atoms with Gasteiger partial charge in [-0.3, -0.25) is 9.48 Å². The standard InChI is InChI=1S/C22H22ClN5O3/c1-27-18-10-11-28(22(30)25-17-12-14(23)8-9-19(17)31-2)13-16(18)20(26-27)21(29)24-15-6-4-3-5-7-15/h3-9,12H,10-11,13H2,1-2H3,(H,24,29)(H,25,30). The summed E-state index contributed by atoms with van der Waals surface area (Å²) in [5, 5.41) is 10.6. The third-order valence-electron chi connectivity index (χ3n) is 5.18. The van der Waals surface area contributed by atoms with Crippen molar-refractivity contribution in [1.29, 1.82) is 0 Å². The third kappa shape index (κ3) is 4.34. The van der Waals surface area contributed by atoms with Gasteiger partial charge in [0, 0.05) is 42.0 Å². The van der Waals surface area contributed by atoms with Crippen molar-refractivity contribution in [2.24, 2.45) is 7.05 Å². The Hall–Kier alpha value is -3.52. The number of amides is 3. The molecule has 160 valence electrons. The number of fused-ring (bicyclic) bond motifs is 1. The van der Waals surface area contributed by atoms with E-state index in [4.69, 9.17) is 16.3 Å². The maximum Gasteiger partial charge on any atom is 0.322 e. The molecule has 3 aromatic rings. The van der Waals surface area contributed by atoms with E-state index >= 15 is 0 Å². The zero-order valence-electron chi connectivity index (χ0n) is 17.2. The quantitative estimate of drug-likeness (QED) is 0.644. The van der Waals surface area contributed by atoms with Crippen LogP contribution >= 0.6 is 11.6 Å². The first-order valence-corrected chi connectivity index (χ1v) is 10.1. The zero-order chi connectivity index (χ0) is 22.0. The number of ether oxygens (including phenoxy) is 1. The summed E-state index contributed by atoms with van der Waals surface area (Å²) in [5.41, 5.74) is 3.18. The number of halogens is 1. The molecule has 3 amide bonds. The lowest BCUT2D eigenvalue weighted by molar-refractivity contribution is 0.101. The van der Waals surface area contributed by atoms with Gasteiger partial charge in [-0.05, 0) is 30.3 Å². The Morgan fingerprint density at radius 2 is 1.90 bits per heavy atom. The Morgan fingerprint density at radius 1 is 1.13 bits per heavy atom. The minimum Gasteiger partial charge on any atom is -0.495 e. The molecule has 0 bridgehead atoms. The van der Waals surface area contributed by atoms with Gasteiger partial charge in [-0.1, -0.05) is 29.8 Å². The number of methoxy groups -OCH3 is 1. The van der Waals surface area contributed by atoms with Crippen molar-refractivity contribution in [2.45, 2.75) is 13.0 Å². The van der Waals surface area contributed by atoms with Gasteiger partial charge in [-0.25, -0.2) is 4.79 Å². The van der Waals surface area contributed by atoms with Crippen LogP contribution < -0.4 is 15.4 Å². The van der Waals surface area contributed by atoms with Crippen molar-refractivity contribution in [3.8, 4) is 5.75 Å². The van der Waals surface area contributed by atoms with Crippen molar-refractivity contribution in [1.82, 2.24) is 14.7 Å². The average molecular weight is 440 g/mol. The Kier molecular flexibility index (Phi) is 5.81. The van der Waals surface area contributed by atoms with Gasteiger partial charge in [0.05, 0.1) is 19.3 Å². The van der Waals surface area contributed by atoms with Crippen molar-refractivity contribution in [3.63, 3.8) is 0 Å².